The van der Waals surface area contributed by atoms with Gasteiger partial charge in [-0.2, -0.15) is 0 Å². The summed E-state index contributed by atoms with van der Waals surface area (Å²) in [5, 5.41) is 17.5. The maximum Gasteiger partial charge on any atom is 0.247 e. The second-order valence-electron chi connectivity index (χ2n) is 10.1. The molecule has 2 aliphatic rings. The standard InChI is InChI=1S/C29H29FN6O/c1-17-14-18(12-13-33-17)27(32)23-15-19(6-10-25(23)31)28-34-35-29(37-28)22-9-7-21-8-11-26(22)36(21)16-20-4-2-3-5-24(20)30/h2-6,10,12-15,21-22,26,32H,7-9,11,16,31H2,1H3. The molecule has 2 saturated heterocycles. The zero-order valence-electron chi connectivity index (χ0n) is 20.7. The molecule has 3 N–H and O–H groups in total. The molecule has 0 saturated carbocycles. The molecule has 0 radical (unpaired) electrons. The molecule has 2 aromatic carbocycles. The number of piperidine rings is 1. The number of nitrogen functional groups attached to an aromatic ring is 1. The van der Waals surface area contributed by atoms with Crippen molar-refractivity contribution in [3.05, 3.63) is 94.9 Å². The Hall–Kier alpha value is -3.91. The molecular weight excluding hydrogens is 467 g/mol. The van der Waals surface area contributed by atoms with E-state index in [9.17, 15) is 4.39 Å². The van der Waals surface area contributed by atoms with Gasteiger partial charge >= 0.3 is 0 Å². The number of nitrogens with two attached hydrogens (primary N) is 1. The number of rotatable bonds is 6. The Bertz CT molecular complexity index is 1470. The van der Waals surface area contributed by atoms with Crippen LogP contribution in [0.15, 0.2) is 65.2 Å². The van der Waals surface area contributed by atoms with Gasteiger partial charge in [0.2, 0.25) is 11.8 Å². The summed E-state index contributed by atoms with van der Waals surface area (Å²) in [6.45, 7) is 2.49. The van der Waals surface area contributed by atoms with E-state index in [1.54, 1.807) is 24.4 Å². The van der Waals surface area contributed by atoms with E-state index >= 15 is 0 Å². The molecule has 188 valence electrons. The molecule has 2 bridgehead atoms. The Morgan fingerprint density at radius 3 is 2.76 bits per heavy atom. The Morgan fingerprint density at radius 1 is 1.08 bits per heavy atom. The number of halogens is 1. The number of pyridine rings is 1. The largest absolute Gasteiger partial charge is 0.420 e. The van der Waals surface area contributed by atoms with E-state index in [2.05, 4.69) is 20.1 Å². The van der Waals surface area contributed by atoms with Crippen molar-refractivity contribution in [2.75, 3.05) is 5.73 Å². The molecule has 2 fully saturated rings. The number of nitrogens with zero attached hydrogens (tertiary/aromatic N) is 4. The summed E-state index contributed by atoms with van der Waals surface area (Å²) in [4.78, 5) is 6.64. The van der Waals surface area contributed by atoms with Crippen LogP contribution >= 0.6 is 0 Å². The smallest absolute Gasteiger partial charge is 0.247 e. The number of anilines is 1. The number of benzene rings is 2. The van der Waals surface area contributed by atoms with Crippen LogP contribution in [-0.4, -0.2) is 37.9 Å². The SMILES string of the molecule is Cc1cc(C(=N)c2cc(-c3nnc(C4CCC5CCC4N5Cc4ccccc4F)o3)ccc2N)ccn1. The minimum atomic E-state index is -0.157. The molecule has 37 heavy (non-hydrogen) atoms. The molecule has 2 aliphatic heterocycles. The molecular formula is C29H29FN6O. The molecule has 0 amide bonds. The fourth-order valence-corrected chi connectivity index (χ4v) is 5.89. The van der Waals surface area contributed by atoms with Gasteiger partial charge in [-0.15, -0.1) is 10.2 Å². The highest BCUT2D eigenvalue weighted by atomic mass is 19.1. The van der Waals surface area contributed by atoms with Crippen LogP contribution in [0, 0.1) is 18.2 Å². The van der Waals surface area contributed by atoms with E-state index < -0.39 is 0 Å². The van der Waals surface area contributed by atoms with E-state index in [0.717, 1.165) is 48.1 Å². The van der Waals surface area contributed by atoms with Crippen molar-refractivity contribution in [2.45, 2.75) is 57.2 Å². The molecule has 6 rings (SSSR count). The van der Waals surface area contributed by atoms with Crippen LogP contribution in [0.4, 0.5) is 10.1 Å². The van der Waals surface area contributed by atoms with Crippen molar-refractivity contribution in [1.82, 2.24) is 20.1 Å². The summed E-state index contributed by atoms with van der Waals surface area (Å²) in [5.74, 6) is 0.988. The predicted molar refractivity (Wildman–Crippen MR) is 140 cm³/mol. The van der Waals surface area contributed by atoms with E-state index in [1.807, 2.05) is 37.3 Å². The Kier molecular flexibility index (Phi) is 6.04. The van der Waals surface area contributed by atoms with Crippen LogP contribution in [0.1, 0.15) is 59.9 Å². The fraction of sp³-hybridized carbons (Fsp3) is 0.310. The molecule has 8 heteroatoms. The minimum absolute atomic E-state index is 0.109. The van der Waals surface area contributed by atoms with Crippen LogP contribution in [0.2, 0.25) is 0 Å². The summed E-state index contributed by atoms with van der Waals surface area (Å²) in [5.41, 5.74) is 10.7. The van der Waals surface area contributed by atoms with Gasteiger partial charge in [0.1, 0.15) is 5.82 Å². The zero-order valence-corrected chi connectivity index (χ0v) is 20.7. The van der Waals surface area contributed by atoms with Crippen molar-refractivity contribution < 1.29 is 8.81 Å². The highest BCUT2D eigenvalue weighted by molar-refractivity contribution is 6.14. The number of hydrogen-bond acceptors (Lipinski definition) is 7. The quantitative estimate of drug-likeness (QED) is 0.270. The van der Waals surface area contributed by atoms with Crippen molar-refractivity contribution in [1.29, 1.82) is 5.41 Å². The average Bonchev–Trinajstić information content (AvgIpc) is 3.48. The number of fused-ring (bicyclic) bond motifs is 2. The van der Waals surface area contributed by atoms with Crippen molar-refractivity contribution in [3.8, 4) is 11.5 Å². The second-order valence-corrected chi connectivity index (χ2v) is 10.1. The lowest BCUT2D eigenvalue weighted by molar-refractivity contribution is 0.102. The van der Waals surface area contributed by atoms with E-state index in [-0.39, 0.29) is 17.8 Å². The molecule has 3 atom stereocenters. The highest BCUT2D eigenvalue weighted by Crippen LogP contribution is 2.45. The lowest BCUT2D eigenvalue weighted by Crippen LogP contribution is -2.43. The highest BCUT2D eigenvalue weighted by Gasteiger charge is 2.45. The molecule has 7 nitrogen and oxygen atoms in total. The first-order chi connectivity index (χ1) is 18.0. The Balaban J connectivity index is 1.26. The molecule has 0 spiro atoms. The summed E-state index contributed by atoms with van der Waals surface area (Å²) in [7, 11) is 0. The molecule has 0 aliphatic carbocycles. The van der Waals surface area contributed by atoms with Gasteiger partial charge in [0, 0.05) is 58.5 Å². The van der Waals surface area contributed by atoms with Crippen LogP contribution in [-0.2, 0) is 6.54 Å². The normalized spacial score (nSPS) is 21.3. The third kappa shape index (κ3) is 4.42. The van der Waals surface area contributed by atoms with Crippen LogP contribution < -0.4 is 5.73 Å². The van der Waals surface area contributed by atoms with Crippen LogP contribution in [0.25, 0.3) is 11.5 Å². The van der Waals surface area contributed by atoms with Gasteiger partial charge in [0.15, 0.2) is 0 Å². The molecule has 4 heterocycles. The Morgan fingerprint density at radius 2 is 1.92 bits per heavy atom. The topological polar surface area (TPSA) is 105 Å². The summed E-state index contributed by atoms with van der Waals surface area (Å²) in [6.07, 6.45) is 5.84. The second kappa shape index (κ2) is 9.52. The lowest BCUT2D eigenvalue weighted by Gasteiger charge is -2.38. The minimum Gasteiger partial charge on any atom is -0.420 e. The van der Waals surface area contributed by atoms with Crippen molar-refractivity contribution >= 4 is 11.4 Å². The third-order valence-electron chi connectivity index (χ3n) is 7.79. The van der Waals surface area contributed by atoms with Crippen molar-refractivity contribution in [3.63, 3.8) is 0 Å². The monoisotopic (exact) mass is 496 g/mol. The van der Waals surface area contributed by atoms with E-state index in [1.165, 1.54) is 6.07 Å². The summed E-state index contributed by atoms with van der Waals surface area (Å²) >= 11 is 0. The number of aromatic nitrogens is 3. The van der Waals surface area contributed by atoms with Gasteiger partial charge in [-0.05, 0) is 69.0 Å². The van der Waals surface area contributed by atoms with Gasteiger partial charge in [0.25, 0.3) is 0 Å². The van der Waals surface area contributed by atoms with Crippen molar-refractivity contribution in [2.24, 2.45) is 0 Å². The summed E-state index contributed by atoms with van der Waals surface area (Å²) in [6, 6.07) is 16.8. The third-order valence-corrected chi connectivity index (χ3v) is 7.79. The van der Waals surface area contributed by atoms with Crippen LogP contribution in [0.3, 0.4) is 0 Å². The van der Waals surface area contributed by atoms with Gasteiger partial charge < -0.3 is 10.2 Å². The Labute approximate surface area is 215 Å². The zero-order chi connectivity index (χ0) is 25.5. The molecule has 4 aromatic rings. The lowest BCUT2D eigenvalue weighted by atomic mass is 9.89. The first-order valence-corrected chi connectivity index (χ1v) is 12.7. The first kappa shape index (κ1) is 23.5. The number of aryl methyl sites for hydroxylation is 1. The maximum absolute atomic E-state index is 14.4. The molecule has 3 unspecified atom stereocenters. The van der Waals surface area contributed by atoms with E-state index in [0.29, 0.717) is 41.3 Å². The van der Waals surface area contributed by atoms with Crippen LogP contribution in [0.5, 0.6) is 0 Å². The first-order valence-electron chi connectivity index (χ1n) is 12.7. The number of nitrogens with one attached hydrogen (secondary N) is 1. The number of hydrogen-bond donors (Lipinski definition) is 2. The van der Waals surface area contributed by atoms with Gasteiger partial charge in [-0.3, -0.25) is 15.3 Å². The van der Waals surface area contributed by atoms with Gasteiger partial charge in [-0.1, -0.05) is 18.2 Å². The van der Waals surface area contributed by atoms with Gasteiger partial charge in [0.05, 0.1) is 11.6 Å². The fourth-order valence-electron chi connectivity index (χ4n) is 5.89. The van der Waals surface area contributed by atoms with E-state index in [4.69, 9.17) is 15.6 Å². The average molecular weight is 497 g/mol. The summed E-state index contributed by atoms with van der Waals surface area (Å²) < 4.78 is 20.6. The predicted octanol–water partition coefficient (Wildman–Crippen LogP) is 5.49. The molecule has 2 aromatic heterocycles. The maximum atomic E-state index is 14.4. The van der Waals surface area contributed by atoms with Gasteiger partial charge in [-0.25, -0.2) is 4.39 Å².